The number of aliphatic carboxylic acids is 1. The molecule has 2 aliphatic rings. The molecule has 2 N–H and O–H groups in total. The summed E-state index contributed by atoms with van der Waals surface area (Å²) in [5.74, 6) is -0.940. The third-order valence-electron chi connectivity index (χ3n) is 4.67. The van der Waals surface area contributed by atoms with Crippen LogP contribution < -0.4 is 0 Å². The van der Waals surface area contributed by atoms with Gasteiger partial charge in [0.15, 0.2) is 0 Å². The zero-order chi connectivity index (χ0) is 15.0. The van der Waals surface area contributed by atoms with Gasteiger partial charge in [-0.25, -0.2) is 9.59 Å². The summed E-state index contributed by atoms with van der Waals surface area (Å²) >= 11 is 0. The molecule has 0 radical (unpaired) electrons. The van der Waals surface area contributed by atoms with Crippen molar-refractivity contribution in [3.63, 3.8) is 0 Å². The Morgan fingerprint density at radius 3 is 2.30 bits per heavy atom. The van der Waals surface area contributed by atoms with Crippen molar-refractivity contribution >= 4 is 12.0 Å². The normalized spacial score (nSPS) is 35.0. The second-order valence-electron chi connectivity index (χ2n) is 6.45. The zero-order valence-electron chi connectivity index (χ0n) is 12.3. The van der Waals surface area contributed by atoms with Gasteiger partial charge in [-0.2, -0.15) is 0 Å². The summed E-state index contributed by atoms with van der Waals surface area (Å²) in [5.41, 5.74) is -1.82. The van der Waals surface area contributed by atoms with E-state index in [4.69, 9.17) is 0 Å². The van der Waals surface area contributed by atoms with E-state index < -0.39 is 17.1 Å². The molecule has 2 unspecified atom stereocenters. The first-order chi connectivity index (χ1) is 9.26. The summed E-state index contributed by atoms with van der Waals surface area (Å²) in [7, 11) is 0. The molecule has 2 aliphatic heterocycles. The van der Waals surface area contributed by atoms with Gasteiger partial charge in [0.05, 0.1) is 5.60 Å². The highest BCUT2D eigenvalue weighted by Crippen LogP contribution is 2.31. The van der Waals surface area contributed by atoms with Crippen molar-refractivity contribution < 1.29 is 19.8 Å². The molecule has 0 aromatic carbocycles. The van der Waals surface area contributed by atoms with Crippen molar-refractivity contribution in [3.8, 4) is 0 Å². The first-order valence-electron chi connectivity index (χ1n) is 7.29. The van der Waals surface area contributed by atoms with Crippen LogP contribution in [0.4, 0.5) is 4.79 Å². The molecule has 6 nitrogen and oxygen atoms in total. The Kier molecular flexibility index (Phi) is 3.95. The molecule has 2 atom stereocenters. The van der Waals surface area contributed by atoms with E-state index in [0.29, 0.717) is 38.9 Å². The number of carboxylic acids is 1. The Balaban J connectivity index is 2.09. The molecule has 2 rings (SSSR count). The molecule has 0 aromatic rings. The Hall–Kier alpha value is -1.30. The lowest BCUT2D eigenvalue weighted by molar-refractivity contribution is -0.147. The quantitative estimate of drug-likeness (QED) is 0.760. The maximum absolute atomic E-state index is 12.6. The lowest BCUT2D eigenvalue weighted by Crippen LogP contribution is -2.55. The SMILES string of the molecule is CC1(O)CCCN(C(=O)N2CCCC2(C)C(=O)O)CC1. The first-order valence-corrected chi connectivity index (χ1v) is 7.29. The minimum atomic E-state index is -1.09. The topological polar surface area (TPSA) is 81.1 Å². The molecule has 0 aromatic heterocycles. The number of hydrogen-bond acceptors (Lipinski definition) is 3. The number of likely N-dealkylation sites (tertiary alicyclic amines) is 2. The Morgan fingerprint density at radius 1 is 1.00 bits per heavy atom. The van der Waals surface area contributed by atoms with E-state index in [0.717, 1.165) is 12.8 Å². The predicted molar refractivity (Wildman–Crippen MR) is 73.4 cm³/mol. The Labute approximate surface area is 119 Å². The van der Waals surface area contributed by atoms with Gasteiger partial charge in [0.2, 0.25) is 0 Å². The summed E-state index contributed by atoms with van der Waals surface area (Å²) in [5, 5.41) is 19.4. The zero-order valence-corrected chi connectivity index (χ0v) is 12.3. The van der Waals surface area contributed by atoms with Crippen LogP contribution in [0.5, 0.6) is 0 Å². The molecule has 2 saturated heterocycles. The minimum Gasteiger partial charge on any atom is -0.480 e. The van der Waals surface area contributed by atoms with Crippen LogP contribution in [0.1, 0.15) is 46.0 Å². The van der Waals surface area contributed by atoms with Crippen molar-refractivity contribution in [1.82, 2.24) is 9.80 Å². The van der Waals surface area contributed by atoms with Crippen molar-refractivity contribution in [2.45, 2.75) is 57.1 Å². The van der Waals surface area contributed by atoms with E-state index in [9.17, 15) is 19.8 Å². The van der Waals surface area contributed by atoms with Gasteiger partial charge in [0.25, 0.3) is 0 Å². The molecule has 0 spiro atoms. The molecule has 0 aliphatic carbocycles. The molecule has 6 heteroatoms. The average molecular weight is 284 g/mol. The van der Waals surface area contributed by atoms with Crippen LogP contribution >= 0.6 is 0 Å². The van der Waals surface area contributed by atoms with Crippen LogP contribution in [-0.2, 0) is 4.79 Å². The summed E-state index contributed by atoms with van der Waals surface area (Å²) in [6.07, 6.45) is 3.18. The fraction of sp³-hybridized carbons (Fsp3) is 0.857. The van der Waals surface area contributed by atoms with Gasteiger partial charge in [0.1, 0.15) is 5.54 Å². The number of amides is 2. The summed E-state index contributed by atoms with van der Waals surface area (Å²) in [6.45, 7) is 4.97. The van der Waals surface area contributed by atoms with Gasteiger partial charge < -0.3 is 20.0 Å². The van der Waals surface area contributed by atoms with Gasteiger partial charge in [-0.05, 0) is 46.0 Å². The van der Waals surface area contributed by atoms with E-state index in [-0.39, 0.29) is 6.03 Å². The second kappa shape index (κ2) is 5.24. The standard InChI is InChI=1S/C14H24N2O4/c1-13(20)5-3-8-15(10-7-13)12(19)16-9-4-6-14(16,2)11(17)18/h20H,3-10H2,1-2H3,(H,17,18). The van der Waals surface area contributed by atoms with Crippen LogP contribution in [0.2, 0.25) is 0 Å². The van der Waals surface area contributed by atoms with E-state index in [2.05, 4.69) is 0 Å². The average Bonchev–Trinajstić information content (AvgIpc) is 2.66. The number of carbonyl (C=O) groups is 2. The van der Waals surface area contributed by atoms with Gasteiger partial charge in [-0.3, -0.25) is 0 Å². The molecular formula is C14H24N2O4. The van der Waals surface area contributed by atoms with Crippen LogP contribution in [-0.4, -0.2) is 62.8 Å². The van der Waals surface area contributed by atoms with Crippen molar-refractivity contribution in [2.24, 2.45) is 0 Å². The number of carbonyl (C=O) groups excluding carboxylic acids is 1. The summed E-state index contributed by atoms with van der Waals surface area (Å²) in [6, 6.07) is -0.204. The number of nitrogens with zero attached hydrogens (tertiary/aromatic N) is 2. The van der Waals surface area contributed by atoms with Gasteiger partial charge in [-0.1, -0.05) is 0 Å². The molecule has 114 valence electrons. The Bertz CT molecular complexity index is 410. The lowest BCUT2D eigenvalue weighted by Gasteiger charge is -2.35. The molecule has 2 fully saturated rings. The van der Waals surface area contributed by atoms with E-state index in [1.165, 1.54) is 4.90 Å². The number of urea groups is 1. The first kappa shape index (κ1) is 15.1. The monoisotopic (exact) mass is 284 g/mol. The lowest BCUT2D eigenvalue weighted by atomic mass is 9.98. The highest BCUT2D eigenvalue weighted by atomic mass is 16.4. The third-order valence-corrected chi connectivity index (χ3v) is 4.67. The number of aliphatic hydroxyl groups is 1. The van der Waals surface area contributed by atoms with Crippen LogP contribution in [0, 0.1) is 0 Å². The number of rotatable bonds is 1. The summed E-state index contributed by atoms with van der Waals surface area (Å²) in [4.78, 5) is 27.2. The molecule has 0 saturated carbocycles. The van der Waals surface area contributed by atoms with Crippen molar-refractivity contribution in [3.05, 3.63) is 0 Å². The number of carboxylic acid groups (broad SMARTS) is 1. The molecule has 20 heavy (non-hydrogen) atoms. The van der Waals surface area contributed by atoms with Gasteiger partial charge in [0, 0.05) is 19.6 Å². The van der Waals surface area contributed by atoms with Crippen molar-refractivity contribution in [2.75, 3.05) is 19.6 Å². The highest BCUT2D eigenvalue weighted by molar-refractivity contribution is 5.86. The van der Waals surface area contributed by atoms with Gasteiger partial charge >= 0.3 is 12.0 Å². The predicted octanol–water partition coefficient (Wildman–Crippen LogP) is 1.28. The van der Waals surface area contributed by atoms with Crippen LogP contribution in [0.15, 0.2) is 0 Å². The van der Waals surface area contributed by atoms with Crippen LogP contribution in [0.3, 0.4) is 0 Å². The van der Waals surface area contributed by atoms with E-state index >= 15 is 0 Å². The van der Waals surface area contributed by atoms with E-state index in [1.54, 1.807) is 18.7 Å². The van der Waals surface area contributed by atoms with Crippen molar-refractivity contribution in [1.29, 1.82) is 0 Å². The van der Waals surface area contributed by atoms with Crippen LogP contribution in [0.25, 0.3) is 0 Å². The minimum absolute atomic E-state index is 0.204. The summed E-state index contributed by atoms with van der Waals surface area (Å²) < 4.78 is 0. The molecular weight excluding hydrogens is 260 g/mol. The maximum Gasteiger partial charge on any atom is 0.329 e. The molecule has 2 heterocycles. The Morgan fingerprint density at radius 2 is 1.65 bits per heavy atom. The molecule has 0 bridgehead atoms. The second-order valence-corrected chi connectivity index (χ2v) is 6.45. The fourth-order valence-corrected chi connectivity index (χ4v) is 3.12. The van der Waals surface area contributed by atoms with E-state index in [1.807, 2.05) is 0 Å². The maximum atomic E-state index is 12.6. The molecule has 2 amide bonds. The third kappa shape index (κ3) is 2.75. The van der Waals surface area contributed by atoms with Gasteiger partial charge in [-0.15, -0.1) is 0 Å². The number of hydrogen-bond donors (Lipinski definition) is 2. The highest BCUT2D eigenvalue weighted by Gasteiger charge is 2.47. The largest absolute Gasteiger partial charge is 0.480 e. The fourth-order valence-electron chi connectivity index (χ4n) is 3.12. The smallest absolute Gasteiger partial charge is 0.329 e.